The Balaban J connectivity index is 1.55. The lowest BCUT2D eigenvalue weighted by Crippen LogP contribution is -2.17. The van der Waals surface area contributed by atoms with Gasteiger partial charge in [0.25, 0.3) is 5.91 Å². The second-order valence-corrected chi connectivity index (χ2v) is 7.24. The van der Waals surface area contributed by atoms with Crippen LogP contribution >= 0.6 is 11.6 Å². The molecule has 0 radical (unpaired) electrons. The molecule has 0 unspecified atom stereocenters. The zero-order chi connectivity index (χ0) is 20.1. The van der Waals surface area contributed by atoms with Gasteiger partial charge in [-0.3, -0.25) is 9.48 Å². The van der Waals surface area contributed by atoms with E-state index in [4.69, 9.17) is 11.6 Å². The predicted molar refractivity (Wildman–Crippen MR) is 114 cm³/mol. The van der Waals surface area contributed by atoms with E-state index in [-0.39, 0.29) is 5.91 Å². The normalized spacial score (nSPS) is 10.9. The van der Waals surface area contributed by atoms with Gasteiger partial charge in [0.05, 0.1) is 16.3 Å². The van der Waals surface area contributed by atoms with Crippen molar-refractivity contribution in [2.24, 2.45) is 7.05 Å². The summed E-state index contributed by atoms with van der Waals surface area (Å²) in [6.07, 6.45) is 0.939. The summed E-state index contributed by atoms with van der Waals surface area (Å²) in [4.78, 5) is 12.4. The fourth-order valence-electron chi connectivity index (χ4n) is 3.23. The van der Waals surface area contributed by atoms with E-state index in [1.54, 1.807) is 24.3 Å². The summed E-state index contributed by atoms with van der Waals surface area (Å²) in [5.74, 6) is -0.210. The van der Waals surface area contributed by atoms with Crippen molar-refractivity contribution in [1.82, 2.24) is 15.1 Å². The van der Waals surface area contributed by atoms with Crippen LogP contribution in [-0.2, 0) is 20.0 Å². The number of amides is 1. The van der Waals surface area contributed by atoms with Crippen LogP contribution in [0.3, 0.4) is 0 Å². The Morgan fingerprint density at radius 1 is 1.14 bits per heavy atom. The van der Waals surface area contributed by atoms with Crippen LogP contribution in [0.2, 0.25) is 5.02 Å². The van der Waals surface area contributed by atoms with E-state index in [1.807, 2.05) is 42.9 Å². The van der Waals surface area contributed by atoms with Crippen LogP contribution in [0.5, 0.6) is 0 Å². The molecule has 1 aromatic heterocycles. The van der Waals surface area contributed by atoms with Gasteiger partial charge in [-0.2, -0.15) is 5.10 Å². The molecule has 1 amide bonds. The highest BCUT2D eigenvalue weighted by Crippen LogP contribution is 2.18. The number of halogens is 1. The second-order valence-electron chi connectivity index (χ2n) is 6.83. The standard InChI is InChI=1S/C22H25ClN4O/c1-15-19(16(2)27(3)26-15)11-12-24-14-17-7-6-8-18(13-17)25-22(28)20-9-4-5-10-21(20)23/h4-10,13,24H,11-12,14H2,1-3H3,(H,25,28). The second kappa shape index (κ2) is 9.04. The number of nitrogens with zero attached hydrogens (tertiary/aromatic N) is 2. The van der Waals surface area contributed by atoms with Crippen LogP contribution in [0.1, 0.15) is 32.9 Å². The third-order valence-electron chi connectivity index (χ3n) is 4.84. The monoisotopic (exact) mass is 396 g/mol. The van der Waals surface area contributed by atoms with Crippen molar-refractivity contribution in [3.63, 3.8) is 0 Å². The van der Waals surface area contributed by atoms with Crippen LogP contribution in [0.25, 0.3) is 0 Å². The van der Waals surface area contributed by atoms with E-state index < -0.39 is 0 Å². The molecule has 0 aliphatic rings. The van der Waals surface area contributed by atoms with E-state index >= 15 is 0 Å². The average Bonchev–Trinajstić information content (AvgIpc) is 2.91. The summed E-state index contributed by atoms with van der Waals surface area (Å²) in [5, 5.41) is 11.3. The minimum Gasteiger partial charge on any atom is -0.322 e. The zero-order valence-corrected chi connectivity index (χ0v) is 17.2. The summed E-state index contributed by atoms with van der Waals surface area (Å²) in [6.45, 7) is 5.74. The summed E-state index contributed by atoms with van der Waals surface area (Å²) in [5.41, 5.74) is 5.93. The van der Waals surface area contributed by atoms with Gasteiger partial charge in [-0.25, -0.2) is 0 Å². The van der Waals surface area contributed by atoms with Crippen molar-refractivity contribution in [3.05, 3.63) is 81.6 Å². The number of benzene rings is 2. The number of carbonyl (C=O) groups is 1. The van der Waals surface area contributed by atoms with Crippen LogP contribution in [0.4, 0.5) is 5.69 Å². The molecule has 28 heavy (non-hydrogen) atoms. The first kappa shape index (κ1) is 20.1. The molecule has 5 nitrogen and oxygen atoms in total. The molecule has 0 aliphatic carbocycles. The molecule has 2 aromatic carbocycles. The highest BCUT2D eigenvalue weighted by atomic mass is 35.5. The minimum atomic E-state index is -0.210. The van der Waals surface area contributed by atoms with Gasteiger partial charge in [0.15, 0.2) is 0 Å². The van der Waals surface area contributed by atoms with E-state index in [0.717, 1.165) is 36.5 Å². The summed E-state index contributed by atoms with van der Waals surface area (Å²) < 4.78 is 1.93. The Kier molecular flexibility index (Phi) is 6.49. The molecule has 0 spiro atoms. The fraction of sp³-hybridized carbons (Fsp3) is 0.273. The van der Waals surface area contributed by atoms with Crippen molar-refractivity contribution < 1.29 is 4.79 Å². The first-order chi connectivity index (χ1) is 13.5. The highest BCUT2D eigenvalue weighted by molar-refractivity contribution is 6.34. The number of aromatic nitrogens is 2. The van der Waals surface area contributed by atoms with Crippen LogP contribution in [0, 0.1) is 13.8 Å². The Hall–Kier alpha value is -2.63. The Labute approximate surface area is 170 Å². The topological polar surface area (TPSA) is 59.0 Å². The summed E-state index contributed by atoms with van der Waals surface area (Å²) in [6, 6.07) is 14.9. The largest absolute Gasteiger partial charge is 0.322 e. The maximum absolute atomic E-state index is 12.4. The molecule has 0 saturated carbocycles. The number of anilines is 1. The van der Waals surface area contributed by atoms with Crippen molar-refractivity contribution in [1.29, 1.82) is 0 Å². The molecule has 146 valence electrons. The molecule has 1 heterocycles. The van der Waals surface area contributed by atoms with Crippen LogP contribution in [-0.4, -0.2) is 22.2 Å². The van der Waals surface area contributed by atoms with E-state index in [1.165, 1.54) is 11.3 Å². The molecule has 0 bridgehead atoms. The molecule has 3 rings (SSSR count). The smallest absolute Gasteiger partial charge is 0.257 e. The van der Waals surface area contributed by atoms with E-state index in [9.17, 15) is 4.79 Å². The highest BCUT2D eigenvalue weighted by Gasteiger charge is 2.10. The van der Waals surface area contributed by atoms with E-state index in [0.29, 0.717) is 10.6 Å². The molecular weight excluding hydrogens is 372 g/mol. The van der Waals surface area contributed by atoms with Crippen LogP contribution < -0.4 is 10.6 Å². The lowest BCUT2D eigenvalue weighted by atomic mass is 10.1. The molecule has 0 saturated heterocycles. The third kappa shape index (κ3) is 4.80. The minimum absolute atomic E-state index is 0.210. The molecule has 6 heteroatoms. The van der Waals surface area contributed by atoms with Gasteiger partial charge in [0, 0.05) is 25.0 Å². The lowest BCUT2D eigenvalue weighted by molar-refractivity contribution is 0.102. The first-order valence-corrected chi connectivity index (χ1v) is 9.68. The van der Waals surface area contributed by atoms with Crippen molar-refractivity contribution >= 4 is 23.2 Å². The number of hydrogen-bond acceptors (Lipinski definition) is 3. The molecule has 0 atom stereocenters. The predicted octanol–water partition coefficient (Wildman–Crippen LogP) is 4.27. The first-order valence-electron chi connectivity index (χ1n) is 9.30. The summed E-state index contributed by atoms with van der Waals surface area (Å²) >= 11 is 6.10. The van der Waals surface area contributed by atoms with Gasteiger partial charge >= 0.3 is 0 Å². The van der Waals surface area contributed by atoms with Gasteiger partial charge in [-0.1, -0.05) is 35.9 Å². The number of carbonyl (C=O) groups excluding carboxylic acids is 1. The molecular formula is C22H25ClN4O. The maximum atomic E-state index is 12.4. The number of nitrogens with one attached hydrogen (secondary N) is 2. The van der Waals surface area contributed by atoms with Crippen molar-refractivity contribution in [3.8, 4) is 0 Å². The van der Waals surface area contributed by atoms with Gasteiger partial charge < -0.3 is 10.6 Å². The molecule has 0 aliphatic heterocycles. The number of aryl methyl sites for hydroxylation is 2. The average molecular weight is 397 g/mol. The lowest BCUT2D eigenvalue weighted by Gasteiger charge is -2.10. The Morgan fingerprint density at radius 3 is 2.64 bits per heavy atom. The molecule has 3 aromatic rings. The SMILES string of the molecule is Cc1nn(C)c(C)c1CCNCc1cccc(NC(=O)c2ccccc2Cl)c1. The van der Waals surface area contributed by atoms with Crippen LogP contribution in [0.15, 0.2) is 48.5 Å². The quantitative estimate of drug-likeness (QED) is 0.586. The Morgan fingerprint density at radius 2 is 1.93 bits per heavy atom. The van der Waals surface area contributed by atoms with Gasteiger partial charge in [-0.15, -0.1) is 0 Å². The van der Waals surface area contributed by atoms with Gasteiger partial charge in [0.1, 0.15) is 0 Å². The molecule has 0 fully saturated rings. The fourth-order valence-corrected chi connectivity index (χ4v) is 3.45. The maximum Gasteiger partial charge on any atom is 0.257 e. The Bertz CT molecular complexity index is 980. The van der Waals surface area contributed by atoms with E-state index in [2.05, 4.69) is 22.7 Å². The van der Waals surface area contributed by atoms with Gasteiger partial charge in [0.2, 0.25) is 0 Å². The third-order valence-corrected chi connectivity index (χ3v) is 5.17. The van der Waals surface area contributed by atoms with Crippen molar-refractivity contribution in [2.75, 3.05) is 11.9 Å². The summed E-state index contributed by atoms with van der Waals surface area (Å²) in [7, 11) is 1.97. The number of hydrogen-bond donors (Lipinski definition) is 2. The number of rotatable bonds is 7. The molecule has 2 N–H and O–H groups in total. The van der Waals surface area contributed by atoms with Crippen molar-refractivity contribution in [2.45, 2.75) is 26.8 Å². The zero-order valence-electron chi connectivity index (χ0n) is 16.4. The van der Waals surface area contributed by atoms with Gasteiger partial charge in [-0.05, 0) is 62.2 Å².